The number of hydrogen-bond acceptors (Lipinski definition) is 3. The Morgan fingerprint density at radius 3 is 2.84 bits per heavy atom. The number of carbonyl (C=O) groups excluding carboxylic acids is 1. The molecule has 0 aromatic heterocycles. The quantitative estimate of drug-likeness (QED) is 0.698. The summed E-state index contributed by atoms with van der Waals surface area (Å²) < 4.78 is 4.96. The number of carbonyl (C=O) groups is 2. The highest BCUT2D eigenvalue weighted by Crippen LogP contribution is 2.14. The van der Waals surface area contributed by atoms with E-state index < -0.39 is 18.1 Å². The first-order chi connectivity index (χ1) is 8.99. The largest absolute Gasteiger partial charge is 0.479 e. The van der Waals surface area contributed by atoms with Crippen molar-refractivity contribution in [3.63, 3.8) is 0 Å². The van der Waals surface area contributed by atoms with Gasteiger partial charge in [0.05, 0.1) is 6.61 Å². The molecule has 0 aliphatic rings. The highest BCUT2D eigenvalue weighted by Gasteiger charge is 2.10. The normalized spacial score (nSPS) is 11.7. The number of hydrogen-bond donors (Lipinski definition) is 3. The number of anilines is 1. The van der Waals surface area contributed by atoms with Crippen LogP contribution in [0.2, 0.25) is 5.02 Å². The van der Waals surface area contributed by atoms with Crippen molar-refractivity contribution in [1.82, 2.24) is 5.32 Å². The molecule has 1 atom stereocenters. The van der Waals surface area contributed by atoms with Gasteiger partial charge in [0.25, 0.3) is 0 Å². The van der Waals surface area contributed by atoms with Gasteiger partial charge in [-0.3, -0.25) is 0 Å². The number of nitrogens with one attached hydrogen (secondary N) is 2. The van der Waals surface area contributed by atoms with E-state index in [2.05, 4.69) is 10.6 Å². The number of rotatable bonds is 6. The SMILES string of the molecule is CC(OCCNC(=O)Nc1cccc(Cl)c1)C(=O)O. The fourth-order valence-electron chi connectivity index (χ4n) is 1.21. The fourth-order valence-corrected chi connectivity index (χ4v) is 1.40. The topological polar surface area (TPSA) is 87.7 Å². The number of amides is 2. The van der Waals surface area contributed by atoms with E-state index in [1.807, 2.05) is 0 Å². The minimum absolute atomic E-state index is 0.121. The van der Waals surface area contributed by atoms with Gasteiger partial charge in [-0.05, 0) is 25.1 Å². The molecule has 0 aliphatic carbocycles. The molecule has 0 fully saturated rings. The van der Waals surface area contributed by atoms with Crippen molar-refractivity contribution >= 4 is 29.3 Å². The van der Waals surface area contributed by atoms with Crippen molar-refractivity contribution in [2.75, 3.05) is 18.5 Å². The first-order valence-electron chi connectivity index (χ1n) is 5.64. The molecule has 1 aromatic carbocycles. The van der Waals surface area contributed by atoms with Crippen LogP contribution in [0.25, 0.3) is 0 Å². The van der Waals surface area contributed by atoms with Gasteiger partial charge >= 0.3 is 12.0 Å². The molecule has 1 rings (SSSR count). The van der Waals surface area contributed by atoms with Crippen LogP contribution in [0.4, 0.5) is 10.5 Å². The van der Waals surface area contributed by atoms with Gasteiger partial charge in [0.15, 0.2) is 6.10 Å². The van der Waals surface area contributed by atoms with E-state index in [4.69, 9.17) is 21.4 Å². The Morgan fingerprint density at radius 1 is 1.47 bits per heavy atom. The lowest BCUT2D eigenvalue weighted by molar-refractivity contribution is -0.148. The van der Waals surface area contributed by atoms with E-state index in [9.17, 15) is 9.59 Å². The van der Waals surface area contributed by atoms with Crippen LogP contribution in [0.3, 0.4) is 0 Å². The third kappa shape index (κ3) is 6.08. The predicted octanol–water partition coefficient (Wildman–Crippen LogP) is 1.95. The van der Waals surface area contributed by atoms with Gasteiger partial charge in [0.2, 0.25) is 0 Å². The Balaban J connectivity index is 2.23. The molecule has 0 spiro atoms. The zero-order valence-corrected chi connectivity index (χ0v) is 11.1. The van der Waals surface area contributed by atoms with E-state index in [-0.39, 0.29) is 13.2 Å². The molecular weight excluding hydrogens is 272 g/mol. The third-order valence-corrected chi connectivity index (χ3v) is 2.42. The molecule has 0 radical (unpaired) electrons. The van der Waals surface area contributed by atoms with Crippen molar-refractivity contribution in [2.24, 2.45) is 0 Å². The number of aliphatic carboxylic acids is 1. The summed E-state index contributed by atoms with van der Waals surface area (Å²) in [5.74, 6) is -1.04. The number of halogens is 1. The van der Waals surface area contributed by atoms with Crippen molar-refractivity contribution in [3.05, 3.63) is 29.3 Å². The first kappa shape index (κ1) is 15.3. The molecule has 0 saturated carbocycles. The summed E-state index contributed by atoms with van der Waals surface area (Å²) in [6.45, 7) is 1.76. The molecule has 2 amide bonds. The lowest BCUT2D eigenvalue weighted by Crippen LogP contribution is -2.33. The highest BCUT2D eigenvalue weighted by atomic mass is 35.5. The Labute approximate surface area is 115 Å². The molecule has 0 heterocycles. The standard InChI is InChI=1S/C12H15ClN2O4/c1-8(11(16)17)19-6-5-14-12(18)15-10-4-2-3-9(13)7-10/h2-4,7-8H,5-6H2,1H3,(H,16,17)(H2,14,15,18). The number of urea groups is 1. The molecule has 104 valence electrons. The van der Waals surface area contributed by atoms with E-state index in [0.29, 0.717) is 10.7 Å². The third-order valence-electron chi connectivity index (χ3n) is 2.19. The fraction of sp³-hybridized carbons (Fsp3) is 0.333. The van der Waals surface area contributed by atoms with Crippen molar-refractivity contribution in [1.29, 1.82) is 0 Å². The van der Waals surface area contributed by atoms with Gasteiger partial charge in [-0.15, -0.1) is 0 Å². The van der Waals surface area contributed by atoms with E-state index in [1.54, 1.807) is 24.3 Å². The summed E-state index contributed by atoms with van der Waals surface area (Å²) in [5, 5.41) is 14.2. The summed E-state index contributed by atoms with van der Waals surface area (Å²) in [6.07, 6.45) is -0.891. The lowest BCUT2D eigenvalue weighted by Gasteiger charge is -2.10. The molecule has 1 unspecified atom stereocenters. The van der Waals surface area contributed by atoms with Crippen LogP contribution in [0, 0.1) is 0 Å². The minimum Gasteiger partial charge on any atom is -0.479 e. The lowest BCUT2D eigenvalue weighted by atomic mass is 10.3. The summed E-state index contributed by atoms with van der Waals surface area (Å²) >= 11 is 5.77. The average Bonchev–Trinajstić information content (AvgIpc) is 2.34. The number of carboxylic acids is 1. The van der Waals surface area contributed by atoms with Crippen LogP contribution in [0.5, 0.6) is 0 Å². The van der Waals surface area contributed by atoms with Gasteiger partial charge in [0.1, 0.15) is 0 Å². The highest BCUT2D eigenvalue weighted by molar-refractivity contribution is 6.30. The summed E-state index contributed by atoms with van der Waals surface area (Å²) in [6, 6.07) is 6.33. The molecular formula is C12H15ClN2O4. The zero-order valence-electron chi connectivity index (χ0n) is 10.4. The second kappa shape index (κ2) is 7.60. The Hall–Kier alpha value is -1.79. The van der Waals surface area contributed by atoms with Crippen LogP contribution in [0.15, 0.2) is 24.3 Å². The van der Waals surface area contributed by atoms with E-state index in [0.717, 1.165) is 0 Å². The molecule has 1 aromatic rings. The molecule has 6 nitrogen and oxygen atoms in total. The first-order valence-corrected chi connectivity index (χ1v) is 6.01. The zero-order chi connectivity index (χ0) is 14.3. The maximum Gasteiger partial charge on any atom is 0.332 e. The van der Waals surface area contributed by atoms with Gasteiger partial charge < -0.3 is 20.5 Å². The van der Waals surface area contributed by atoms with Crippen LogP contribution < -0.4 is 10.6 Å². The van der Waals surface area contributed by atoms with Crippen molar-refractivity contribution < 1.29 is 19.4 Å². The molecule has 0 bridgehead atoms. The maximum absolute atomic E-state index is 11.5. The Bertz CT molecular complexity index is 453. The maximum atomic E-state index is 11.5. The van der Waals surface area contributed by atoms with Crippen LogP contribution in [-0.4, -0.2) is 36.4 Å². The second-order valence-electron chi connectivity index (χ2n) is 3.74. The van der Waals surface area contributed by atoms with Crippen LogP contribution in [0.1, 0.15) is 6.92 Å². The summed E-state index contributed by atoms with van der Waals surface area (Å²) in [4.78, 5) is 21.9. The monoisotopic (exact) mass is 286 g/mol. The van der Waals surface area contributed by atoms with Crippen LogP contribution in [-0.2, 0) is 9.53 Å². The molecule has 19 heavy (non-hydrogen) atoms. The number of carboxylic acid groups (broad SMARTS) is 1. The van der Waals surface area contributed by atoms with E-state index >= 15 is 0 Å². The second-order valence-corrected chi connectivity index (χ2v) is 4.18. The minimum atomic E-state index is -1.04. The van der Waals surface area contributed by atoms with Gasteiger partial charge in [-0.2, -0.15) is 0 Å². The van der Waals surface area contributed by atoms with Crippen molar-refractivity contribution in [3.8, 4) is 0 Å². The molecule has 7 heteroatoms. The summed E-state index contributed by atoms with van der Waals surface area (Å²) in [5.41, 5.74) is 0.574. The predicted molar refractivity (Wildman–Crippen MR) is 71.5 cm³/mol. The number of benzene rings is 1. The van der Waals surface area contributed by atoms with Gasteiger partial charge in [-0.25, -0.2) is 9.59 Å². The number of ether oxygens (including phenoxy) is 1. The van der Waals surface area contributed by atoms with Gasteiger partial charge in [0, 0.05) is 17.3 Å². The molecule has 0 saturated heterocycles. The molecule has 3 N–H and O–H groups in total. The van der Waals surface area contributed by atoms with Crippen molar-refractivity contribution in [2.45, 2.75) is 13.0 Å². The Morgan fingerprint density at radius 2 is 2.21 bits per heavy atom. The Kier molecular flexibility index (Phi) is 6.11. The van der Waals surface area contributed by atoms with E-state index in [1.165, 1.54) is 6.92 Å². The average molecular weight is 287 g/mol. The summed E-state index contributed by atoms with van der Waals surface area (Å²) in [7, 11) is 0. The smallest absolute Gasteiger partial charge is 0.332 e. The molecule has 0 aliphatic heterocycles. The van der Waals surface area contributed by atoms with Gasteiger partial charge in [-0.1, -0.05) is 17.7 Å². The van der Waals surface area contributed by atoms with Crippen LogP contribution >= 0.6 is 11.6 Å².